The van der Waals surface area contributed by atoms with Crippen LogP contribution in [-0.2, 0) is 16.1 Å². The molecule has 1 amide bonds. The molecular weight excluding hydrogens is 222 g/mol. The molecule has 0 heterocycles. The normalized spacial score (nSPS) is 10.0. The smallest absolute Gasteiger partial charge is 0.335 e. The average molecular weight is 237 g/mol. The number of carbonyl (C=O) groups excluding carboxylic acids is 1. The molecular formula is C12H15NO4. The molecule has 1 aromatic carbocycles. The molecule has 0 aromatic heterocycles. The van der Waals surface area contributed by atoms with Gasteiger partial charge in [-0.05, 0) is 17.7 Å². The number of nitrogens with zero attached hydrogens (tertiary/aromatic N) is 1. The summed E-state index contributed by atoms with van der Waals surface area (Å²) in [7, 11) is 3.14. The highest BCUT2D eigenvalue weighted by atomic mass is 16.5. The Balaban J connectivity index is 2.63. The quantitative estimate of drug-likeness (QED) is 0.829. The van der Waals surface area contributed by atoms with Gasteiger partial charge in [-0.15, -0.1) is 0 Å². The Hall–Kier alpha value is -1.88. The van der Waals surface area contributed by atoms with E-state index in [4.69, 9.17) is 9.84 Å². The van der Waals surface area contributed by atoms with Crippen molar-refractivity contribution in [3.8, 4) is 0 Å². The fraction of sp³-hybridized carbons (Fsp3) is 0.333. The van der Waals surface area contributed by atoms with Crippen LogP contribution < -0.4 is 0 Å². The van der Waals surface area contributed by atoms with Crippen LogP contribution in [0.4, 0.5) is 0 Å². The highest BCUT2D eigenvalue weighted by Crippen LogP contribution is 2.07. The maximum atomic E-state index is 11.4. The topological polar surface area (TPSA) is 66.8 Å². The number of likely N-dealkylation sites (N-methyl/N-ethyl adjacent to an activating group) is 1. The van der Waals surface area contributed by atoms with Gasteiger partial charge in [-0.1, -0.05) is 12.1 Å². The zero-order valence-electron chi connectivity index (χ0n) is 9.84. The lowest BCUT2D eigenvalue weighted by atomic mass is 10.1. The number of carboxylic acid groups (broad SMARTS) is 1. The van der Waals surface area contributed by atoms with E-state index in [9.17, 15) is 9.59 Å². The Kier molecular flexibility index (Phi) is 4.66. The fourth-order valence-electron chi connectivity index (χ4n) is 1.35. The second-order valence-corrected chi connectivity index (χ2v) is 3.68. The molecule has 0 saturated heterocycles. The molecule has 0 spiro atoms. The molecule has 92 valence electrons. The fourth-order valence-corrected chi connectivity index (χ4v) is 1.35. The number of hydrogen-bond acceptors (Lipinski definition) is 3. The first-order valence-electron chi connectivity index (χ1n) is 5.09. The third-order valence-electron chi connectivity index (χ3n) is 2.31. The van der Waals surface area contributed by atoms with Crippen LogP contribution in [0, 0.1) is 0 Å². The molecule has 0 aliphatic heterocycles. The van der Waals surface area contributed by atoms with Gasteiger partial charge < -0.3 is 14.7 Å². The molecule has 1 rings (SSSR count). The summed E-state index contributed by atoms with van der Waals surface area (Å²) in [4.78, 5) is 23.6. The van der Waals surface area contributed by atoms with Gasteiger partial charge in [0.1, 0.15) is 6.61 Å². The van der Waals surface area contributed by atoms with E-state index < -0.39 is 5.97 Å². The van der Waals surface area contributed by atoms with Crippen molar-refractivity contribution in [1.82, 2.24) is 4.90 Å². The minimum Gasteiger partial charge on any atom is -0.478 e. The highest BCUT2D eigenvalue weighted by molar-refractivity contribution is 5.87. The molecule has 0 fully saturated rings. The highest BCUT2D eigenvalue weighted by Gasteiger charge is 2.09. The summed E-state index contributed by atoms with van der Waals surface area (Å²) in [5.74, 6) is -1.07. The van der Waals surface area contributed by atoms with E-state index in [1.807, 2.05) is 0 Å². The van der Waals surface area contributed by atoms with E-state index in [1.165, 1.54) is 24.1 Å². The predicted octanol–water partition coefficient (Wildman–Crippen LogP) is 0.990. The summed E-state index contributed by atoms with van der Waals surface area (Å²) in [6.45, 7) is 0.478. The van der Waals surface area contributed by atoms with Crippen molar-refractivity contribution in [2.24, 2.45) is 0 Å². The number of methoxy groups -OCH3 is 1. The van der Waals surface area contributed by atoms with Crippen LogP contribution in [0.2, 0.25) is 0 Å². The van der Waals surface area contributed by atoms with Crippen molar-refractivity contribution < 1.29 is 19.4 Å². The average Bonchev–Trinajstić information content (AvgIpc) is 2.30. The first-order valence-corrected chi connectivity index (χ1v) is 5.09. The van der Waals surface area contributed by atoms with Crippen LogP contribution in [0.1, 0.15) is 15.9 Å². The number of hydrogen-bond donors (Lipinski definition) is 1. The van der Waals surface area contributed by atoms with Crippen LogP contribution in [0.15, 0.2) is 24.3 Å². The van der Waals surface area contributed by atoms with Crippen molar-refractivity contribution in [2.75, 3.05) is 20.8 Å². The maximum Gasteiger partial charge on any atom is 0.335 e. The van der Waals surface area contributed by atoms with Crippen LogP contribution in [-0.4, -0.2) is 42.6 Å². The molecule has 5 nitrogen and oxygen atoms in total. The number of aromatic carboxylic acids is 1. The number of carbonyl (C=O) groups is 2. The lowest BCUT2D eigenvalue weighted by Crippen LogP contribution is -2.29. The van der Waals surface area contributed by atoms with Gasteiger partial charge in [-0.25, -0.2) is 4.79 Å². The molecule has 17 heavy (non-hydrogen) atoms. The third kappa shape index (κ3) is 3.88. The minimum atomic E-state index is -0.958. The van der Waals surface area contributed by atoms with Crippen LogP contribution in [0.5, 0.6) is 0 Å². The molecule has 0 bridgehead atoms. The van der Waals surface area contributed by atoms with Gasteiger partial charge in [0.2, 0.25) is 5.91 Å². The van der Waals surface area contributed by atoms with Crippen LogP contribution >= 0.6 is 0 Å². The Morgan fingerprint density at radius 1 is 1.29 bits per heavy atom. The second kappa shape index (κ2) is 6.00. The van der Waals surface area contributed by atoms with Gasteiger partial charge >= 0.3 is 5.97 Å². The first kappa shape index (κ1) is 13.2. The molecule has 0 aliphatic rings. The summed E-state index contributed by atoms with van der Waals surface area (Å²) in [5, 5.41) is 8.73. The number of carboxylic acids is 1. The van der Waals surface area contributed by atoms with Gasteiger partial charge in [-0.2, -0.15) is 0 Å². The minimum absolute atomic E-state index is 0.0453. The van der Waals surface area contributed by atoms with Gasteiger partial charge in [0.05, 0.1) is 5.56 Å². The molecule has 0 saturated carbocycles. The Morgan fingerprint density at radius 3 is 2.35 bits per heavy atom. The van der Waals surface area contributed by atoms with E-state index in [2.05, 4.69) is 0 Å². The third-order valence-corrected chi connectivity index (χ3v) is 2.31. The SMILES string of the molecule is COCC(=O)N(C)Cc1ccc(C(=O)O)cc1. The van der Waals surface area contributed by atoms with E-state index >= 15 is 0 Å². The van der Waals surface area contributed by atoms with E-state index in [1.54, 1.807) is 19.2 Å². The number of rotatable bonds is 5. The first-order chi connectivity index (χ1) is 8.04. The van der Waals surface area contributed by atoms with Gasteiger partial charge in [0, 0.05) is 20.7 Å². The molecule has 0 radical (unpaired) electrons. The van der Waals surface area contributed by atoms with Crippen molar-refractivity contribution in [3.63, 3.8) is 0 Å². The number of ether oxygens (including phenoxy) is 1. The monoisotopic (exact) mass is 237 g/mol. The Labute approximate surface area is 99.6 Å². The lowest BCUT2D eigenvalue weighted by Gasteiger charge is -2.16. The molecule has 0 unspecified atom stereocenters. The van der Waals surface area contributed by atoms with Crippen LogP contribution in [0.25, 0.3) is 0 Å². The summed E-state index contributed by atoms with van der Waals surface area (Å²) in [5.41, 5.74) is 1.11. The van der Waals surface area contributed by atoms with E-state index in [0.29, 0.717) is 6.54 Å². The second-order valence-electron chi connectivity index (χ2n) is 3.68. The van der Waals surface area contributed by atoms with Crippen molar-refractivity contribution in [1.29, 1.82) is 0 Å². The zero-order chi connectivity index (χ0) is 12.8. The molecule has 0 aliphatic carbocycles. The van der Waals surface area contributed by atoms with E-state index in [-0.39, 0.29) is 18.1 Å². The summed E-state index contributed by atoms with van der Waals surface area (Å²) < 4.78 is 4.74. The van der Waals surface area contributed by atoms with Gasteiger partial charge in [-0.3, -0.25) is 4.79 Å². The van der Waals surface area contributed by atoms with Crippen LogP contribution in [0.3, 0.4) is 0 Å². The van der Waals surface area contributed by atoms with Crippen molar-refractivity contribution in [3.05, 3.63) is 35.4 Å². The molecule has 1 aromatic rings. The zero-order valence-corrected chi connectivity index (χ0v) is 9.84. The van der Waals surface area contributed by atoms with Crippen molar-refractivity contribution in [2.45, 2.75) is 6.54 Å². The lowest BCUT2D eigenvalue weighted by molar-refractivity contribution is -0.134. The van der Waals surface area contributed by atoms with Gasteiger partial charge in [0.25, 0.3) is 0 Å². The predicted molar refractivity (Wildman–Crippen MR) is 61.8 cm³/mol. The number of benzene rings is 1. The largest absolute Gasteiger partial charge is 0.478 e. The number of amides is 1. The summed E-state index contributed by atoms with van der Waals surface area (Å²) >= 11 is 0. The van der Waals surface area contributed by atoms with Gasteiger partial charge in [0.15, 0.2) is 0 Å². The Morgan fingerprint density at radius 2 is 1.88 bits per heavy atom. The standard InChI is InChI=1S/C12H15NO4/c1-13(11(14)8-17-2)7-9-3-5-10(6-4-9)12(15)16/h3-6H,7-8H2,1-2H3,(H,15,16). The molecule has 1 N–H and O–H groups in total. The molecule has 5 heteroatoms. The van der Waals surface area contributed by atoms with Crippen molar-refractivity contribution >= 4 is 11.9 Å². The Bertz CT molecular complexity index is 399. The molecule has 0 atom stereocenters. The maximum absolute atomic E-state index is 11.4. The summed E-state index contributed by atoms with van der Waals surface area (Å²) in [6.07, 6.45) is 0. The van der Waals surface area contributed by atoms with E-state index in [0.717, 1.165) is 5.56 Å². The summed E-state index contributed by atoms with van der Waals surface area (Å²) in [6, 6.07) is 6.43.